The van der Waals surface area contributed by atoms with Gasteiger partial charge in [0.15, 0.2) is 11.5 Å². The quantitative estimate of drug-likeness (QED) is 0.596. The Morgan fingerprint density at radius 3 is 2.65 bits per heavy atom. The Kier molecular flexibility index (Phi) is 3.24. The first-order valence-corrected chi connectivity index (χ1v) is 7.85. The lowest BCUT2D eigenvalue weighted by Gasteiger charge is -2.05. The van der Waals surface area contributed by atoms with Crippen LogP contribution in [0.15, 0.2) is 48.5 Å². The lowest BCUT2D eigenvalue weighted by Crippen LogP contribution is -1.86. The summed E-state index contributed by atoms with van der Waals surface area (Å²) in [6.07, 6.45) is 0. The van der Waals surface area contributed by atoms with Crippen molar-refractivity contribution in [3.8, 4) is 33.3 Å². The number of ether oxygens (including phenoxy) is 1. The normalized spacial score (nSPS) is 11.0. The van der Waals surface area contributed by atoms with Crippen molar-refractivity contribution in [1.82, 2.24) is 15.4 Å². The second-order valence-electron chi connectivity index (χ2n) is 5.06. The molecule has 2 N–H and O–H groups in total. The molecule has 0 spiro atoms. The number of hydrogen-bond donors (Lipinski definition) is 2. The summed E-state index contributed by atoms with van der Waals surface area (Å²) in [4.78, 5) is 1.03. The average Bonchev–Trinajstić information content (AvgIpc) is 3.21. The molecule has 0 aliphatic carbocycles. The number of phenols is 1. The Labute approximate surface area is 136 Å². The number of methoxy groups -OCH3 is 1. The number of benzene rings is 2. The van der Waals surface area contributed by atoms with E-state index in [0.29, 0.717) is 11.4 Å². The van der Waals surface area contributed by atoms with Gasteiger partial charge in [0.2, 0.25) is 0 Å². The van der Waals surface area contributed by atoms with E-state index in [1.54, 1.807) is 23.5 Å². The number of aromatic hydroxyl groups is 1. The molecular formula is C17H13N3O2S. The molecule has 114 valence electrons. The van der Waals surface area contributed by atoms with Crippen molar-refractivity contribution in [2.45, 2.75) is 0 Å². The van der Waals surface area contributed by atoms with Crippen LogP contribution in [0.25, 0.3) is 31.9 Å². The highest BCUT2D eigenvalue weighted by atomic mass is 32.1. The molecule has 0 aliphatic rings. The third-order valence-electron chi connectivity index (χ3n) is 3.66. The summed E-state index contributed by atoms with van der Waals surface area (Å²) in [5.41, 5.74) is 2.26. The lowest BCUT2D eigenvalue weighted by atomic mass is 10.1. The number of nitrogens with one attached hydrogen (secondary N) is 1. The highest BCUT2D eigenvalue weighted by Gasteiger charge is 2.16. The van der Waals surface area contributed by atoms with Crippen molar-refractivity contribution in [3.05, 3.63) is 48.5 Å². The molecule has 0 saturated heterocycles. The van der Waals surface area contributed by atoms with Crippen molar-refractivity contribution < 1.29 is 9.84 Å². The Morgan fingerprint density at radius 2 is 1.87 bits per heavy atom. The molecule has 0 bridgehead atoms. The standard InChI is InChI=1S/C17H13N3O2S/c1-22-13-7-6-11(8-12(13)21)16-17(19-20-18-16)15-9-10-4-2-3-5-14(10)23-15/h2-9,21H,1H3,(H,18,19,20). The van der Waals surface area contributed by atoms with Crippen LogP contribution in [0.1, 0.15) is 0 Å². The van der Waals surface area contributed by atoms with Gasteiger partial charge in [0.1, 0.15) is 11.4 Å². The molecule has 0 radical (unpaired) electrons. The monoisotopic (exact) mass is 323 g/mol. The molecule has 4 aromatic rings. The van der Waals surface area contributed by atoms with E-state index in [1.165, 1.54) is 17.2 Å². The molecule has 23 heavy (non-hydrogen) atoms. The Morgan fingerprint density at radius 1 is 1.04 bits per heavy atom. The molecule has 0 atom stereocenters. The SMILES string of the molecule is COc1ccc(-c2n[nH]nc2-c2cc3ccccc3s2)cc1O. The van der Waals surface area contributed by atoms with Crippen LogP contribution in [0.5, 0.6) is 11.5 Å². The second-order valence-corrected chi connectivity index (χ2v) is 6.14. The van der Waals surface area contributed by atoms with E-state index < -0.39 is 0 Å². The van der Waals surface area contributed by atoms with Crippen LogP contribution in [0.2, 0.25) is 0 Å². The number of thiophene rings is 1. The van der Waals surface area contributed by atoms with Crippen molar-refractivity contribution >= 4 is 21.4 Å². The smallest absolute Gasteiger partial charge is 0.160 e. The van der Waals surface area contributed by atoms with E-state index in [9.17, 15) is 5.11 Å². The zero-order valence-electron chi connectivity index (χ0n) is 12.3. The number of nitrogens with zero attached hydrogens (tertiary/aromatic N) is 2. The van der Waals surface area contributed by atoms with Crippen molar-refractivity contribution in [2.24, 2.45) is 0 Å². The van der Waals surface area contributed by atoms with Crippen LogP contribution in [-0.4, -0.2) is 27.6 Å². The summed E-state index contributed by atoms with van der Waals surface area (Å²) < 4.78 is 6.28. The van der Waals surface area contributed by atoms with Gasteiger partial charge in [0.25, 0.3) is 0 Å². The molecule has 0 amide bonds. The molecule has 0 aliphatic heterocycles. The van der Waals surface area contributed by atoms with Crippen molar-refractivity contribution in [1.29, 1.82) is 0 Å². The third-order valence-corrected chi connectivity index (χ3v) is 4.78. The minimum absolute atomic E-state index is 0.0790. The van der Waals surface area contributed by atoms with Gasteiger partial charge in [-0.2, -0.15) is 15.4 Å². The molecule has 0 fully saturated rings. The van der Waals surface area contributed by atoms with Crippen LogP contribution in [0, 0.1) is 0 Å². The fourth-order valence-corrected chi connectivity index (χ4v) is 3.59. The maximum atomic E-state index is 9.99. The number of fused-ring (bicyclic) bond motifs is 1. The van der Waals surface area contributed by atoms with Gasteiger partial charge in [-0.25, -0.2) is 0 Å². The minimum Gasteiger partial charge on any atom is -0.504 e. The van der Waals surface area contributed by atoms with Crippen LogP contribution < -0.4 is 4.74 Å². The van der Waals surface area contributed by atoms with Crippen LogP contribution >= 0.6 is 11.3 Å². The Hall–Kier alpha value is -2.86. The largest absolute Gasteiger partial charge is 0.504 e. The molecule has 2 aromatic heterocycles. The van der Waals surface area contributed by atoms with Gasteiger partial charge < -0.3 is 9.84 Å². The van der Waals surface area contributed by atoms with E-state index in [2.05, 4.69) is 33.6 Å². The van der Waals surface area contributed by atoms with E-state index in [-0.39, 0.29) is 5.75 Å². The first-order valence-electron chi connectivity index (χ1n) is 7.03. The Bertz CT molecular complexity index is 957. The molecule has 4 rings (SSSR count). The summed E-state index contributed by atoms with van der Waals surface area (Å²) in [6.45, 7) is 0. The fourth-order valence-electron chi connectivity index (χ4n) is 2.54. The van der Waals surface area contributed by atoms with Crippen LogP contribution in [0.3, 0.4) is 0 Å². The minimum atomic E-state index is 0.0790. The number of aromatic nitrogens is 3. The summed E-state index contributed by atoms with van der Waals surface area (Å²) in [6, 6.07) is 15.5. The lowest BCUT2D eigenvalue weighted by molar-refractivity contribution is 0.373. The second kappa shape index (κ2) is 5.40. The summed E-state index contributed by atoms with van der Waals surface area (Å²) in [5, 5.41) is 22.4. The highest BCUT2D eigenvalue weighted by Crippen LogP contribution is 2.38. The zero-order valence-corrected chi connectivity index (χ0v) is 13.1. The molecule has 0 saturated carbocycles. The van der Waals surface area contributed by atoms with Crippen molar-refractivity contribution in [2.75, 3.05) is 7.11 Å². The third kappa shape index (κ3) is 2.33. The molecular weight excluding hydrogens is 310 g/mol. The first-order chi connectivity index (χ1) is 11.3. The maximum Gasteiger partial charge on any atom is 0.160 e. The average molecular weight is 323 g/mol. The van der Waals surface area contributed by atoms with Gasteiger partial charge in [-0.15, -0.1) is 11.3 Å². The predicted molar refractivity (Wildman–Crippen MR) is 90.9 cm³/mol. The summed E-state index contributed by atoms with van der Waals surface area (Å²) >= 11 is 1.67. The fraction of sp³-hybridized carbons (Fsp3) is 0.0588. The van der Waals surface area contributed by atoms with Gasteiger partial charge in [0, 0.05) is 10.3 Å². The van der Waals surface area contributed by atoms with E-state index in [1.807, 2.05) is 18.2 Å². The highest BCUT2D eigenvalue weighted by molar-refractivity contribution is 7.22. The van der Waals surface area contributed by atoms with Gasteiger partial charge in [-0.3, -0.25) is 0 Å². The number of phenolic OH excluding ortho intramolecular Hbond substituents is 1. The molecule has 2 aromatic carbocycles. The van der Waals surface area contributed by atoms with E-state index in [4.69, 9.17) is 4.74 Å². The van der Waals surface area contributed by atoms with Crippen LogP contribution in [0.4, 0.5) is 0 Å². The van der Waals surface area contributed by atoms with Gasteiger partial charge >= 0.3 is 0 Å². The molecule has 2 heterocycles. The molecule has 0 unspecified atom stereocenters. The number of aromatic amines is 1. The maximum absolute atomic E-state index is 9.99. The van der Waals surface area contributed by atoms with Crippen molar-refractivity contribution in [3.63, 3.8) is 0 Å². The topological polar surface area (TPSA) is 71.0 Å². The Balaban J connectivity index is 1.83. The summed E-state index contributed by atoms with van der Waals surface area (Å²) in [7, 11) is 1.52. The molecule has 6 heteroatoms. The molecule has 5 nitrogen and oxygen atoms in total. The first kappa shape index (κ1) is 13.8. The van der Waals surface area contributed by atoms with E-state index >= 15 is 0 Å². The number of rotatable bonds is 3. The van der Waals surface area contributed by atoms with Gasteiger partial charge in [-0.05, 0) is 35.7 Å². The zero-order chi connectivity index (χ0) is 15.8. The summed E-state index contributed by atoms with van der Waals surface area (Å²) in [5.74, 6) is 0.510. The number of hydrogen-bond acceptors (Lipinski definition) is 5. The van der Waals surface area contributed by atoms with Crippen LogP contribution in [-0.2, 0) is 0 Å². The van der Waals surface area contributed by atoms with Gasteiger partial charge in [0.05, 0.1) is 12.0 Å². The van der Waals surface area contributed by atoms with E-state index in [0.717, 1.165) is 16.1 Å². The number of H-pyrrole nitrogens is 1. The van der Waals surface area contributed by atoms with Gasteiger partial charge in [-0.1, -0.05) is 18.2 Å². The predicted octanol–water partition coefficient (Wildman–Crippen LogP) is 4.07.